The van der Waals surface area contributed by atoms with Gasteiger partial charge >= 0.3 is 6.18 Å². The molecule has 108 valence electrons. The SMILES string of the molecule is CCNc1nc(NCc2cscn2)cc(C(F)(F)F)n1. The molecule has 0 saturated heterocycles. The quantitative estimate of drug-likeness (QED) is 0.889. The second-order valence-corrected chi connectivity index (χ2v) is 4.54. The molecular weight excluding hydrogens is 291 g/mol. The van der Waals surface area contributed by atoms with Crippen LogP contribution >= 0.6 is 11.3 Å². The van der Waals surface area contributed by atoms with Gasteiger partial charge < -0.3 is 10.6 Å². The van der Waals surface area contributed by atoms with Gasteiger partial charge in [-0.25, -0.2) is 9.97 Å². The first-order chi connectivity index (χ1) is 9.49. The lowest BCUT2D eigenvalue weighted by Crippen LogP contribution is -2.14. The van der Waals surface area contributed by atoms with Crippen molar-refractivity contribution in [3.63, 3.8) is 0 Å². The maximum Gasteiger partial charge on any atom is 0.433 e. The molecule has 2 N–H and O–H groups in total. The fourth-order valence-electron chi connectivity index (χ4n) is 1.43. The Hall–Kier alpha value is -1.90. The number of anilines is 2. The number of nitrogens with zero attached hydrogens (tertiary/aromatic N) is 3. The van der Waals surface area contributed by atoms with Crippen molar-refractivity contribution in [2.75, 3.05) is 17.2 Å². The predicted octanol–water partition coefficient (Wildman–Crippen LogP) is 3.00. The highest BCUT2D eigenvalue weighted by Gasteiger charge is 2.33. The van der Waals surface area contributed by atoms with Crippen LogP contribution in [0.2, 0.25) is 0 Å². The number of nitrogens with one attached hydrogen (secondary N) is 2. The van der Waals surface area contributed by atoms with Gasteiger partial charge in [-0.1, -0.05) is 0 Å². The Balaban J connectivity index is 2.20. The summed E-state index contributed by atoms with van der Waals surface area (Å²) in [7, 11) is 0. The summed E-state index contributed by atoms with van der Waals surface area (Å²) >= 11 is 1.42. The van der Waals surface area contributed by atoms with Crippen LogP contribution in [0, 0.1) is 0 Å². The summed E-state index contributed by atoms with van der Waals surface area (Å²) in [5.41, 5.74) is 1.42. The number of halogens is 3. The molecule has 0 aromatic carbocycles. The molecule has 0 atom stereocenters. The normalized spacial score (nSPS) is 11.4. The molecule has 0 unspecified atom stereocenters. The van der Waals surface area contributed by atoms with Crippen LogP contribution in [0.5, 0.6) is 0 Å². The topological polar surface area (TPSA) is 62.7 Å². The van der Waals surface area contributed by atoms with Crippen LogP contribution < -0.4 is 10.6 Å². The number of aromatic nitrogens is 3. The van der Waals surface area contributed by atoms with Gasteiger partial charge in [-0.3, -0.25) is 0 Å². The van der Waals surface area contributed by atoms with Crippen molar-refractivity contribution in [3.8, 4) is 0 Å². The average Bonchev–Trinajstić information content (AvgIpc) is 2.88. The zero-order chi connectivity index (χ0) is 14.6. The van der Waals surface area contributed by atoms with E-state index in [9.17, 15) is 13.2 Å². The van der Waals surface area contributed by atoms with E-state index in [2.05, 4.69) is 25.6 Å². The molecule has 0 saturated carbocycles. The minimum atomic E-state index is -4.51. The summed E-state index contributed by atoms with van der Waals surface area (Å²) in [6.07, 6.45) is -4.51. The zero-order valence-electron chi connectivity index (χ0n) is 10.5. The van der Waals surface area contributed by atoms with Crippen LogP contribution in [-0.4, -0.2) is 21.5 Å². The van der Waals surface area contributed by atoms with Crippen LogP contribution in [0.3, 0.4) is 0 Å². The average molecular weight is 303 g/mol. The molecule has 0 fully saturated rings. The molecule has 2 aromatic rings. The summed E-state index contributed by atoms with van der Waals surface area (Å²) in [6.45, 7) is 2.50. The van der Waals surface area contributed by atoms with Crippen LogP contribution in [-0.2, 0) is 12.7 Å². The molecule has 0 amide bonds. The highest BCUT2D eigenvalue weighted by molar-refractivity contribution is 7.07. The van der Waals surface area contributed by atoms with Crippen LogP contribution in [0.15, 0.2) is 17.0 Å². The van der Waals surface area contributed by atoms with Crippen molar-refractivity contribution in [2.24, 2.45) is 0 Å². The molecule has 5 nitrogen and oxygen atoms in total. The van der Waals surface area contributed by atoms with Crippen molar-refractivity contribution in [3.05, 3.63) is 28.3 Å². The first-order valence-corrected chi connectivity index (χ1v) is 6.74. The second kappa shape index (κ2) is 6.04. The Morgan fingerprint density at radius 3 is 2.65 bits per heavy atom. The van der Waals surface area contributed by atoms with E-state index in [1.807, 2.05) is 5.38 Å². The van der Waals surface area contributed by atoms with E-state index >= 15 is 0 Å². The van der Waals surface area contributed by atoms with Gasteiger partial charge in [0.25, 0.3) is 0 Å². The molecule has 0 spiro atoms. The number of rotatable bonds is 5. The third kappa shape index (κ3) is 3.80. The summed E-state index contributed by atoms with van der Waals surface area (Å²) in [4.78, 5) is 11.5. The van der Waals surface area contributed by atoms with E-state index in [1.165, 1.54) is 11.3 Å². The van der Waals surface area contributed by atoms with E-state index in [-0.39, 0.29) is 11.8 Å². The maximum absolute atomic E-state index is 12.7. The number of hydrogen-bond donors (Lipinski definition) is 2. The number of hydrogen-bond acceptors (Lipinski definition) is 6. The summed E-state index contributed by atoms with van der Waals surface area (Å²) < 4.78 is 38.2. The Morgan fingerprint density at radius 2 is 2.05 bits per heavy atom. The maximum atomic E-state index is 12.7. The Bertz CT molecular complexity index is 556. The molecule has 0 aliphatic rings. The Labute approximate surface area is 117 Å². The second-order valence-electron chi connectivity index (χ2n) is 3.82. The minimum absolute atomic E-state index is 0.0527. The third-order valence-corrected chi connectivity index (χ3v) is 2.92. The van der Waals surface area contributed by atoms with Crippen molar-refractivity contribution in [1.82, 2.24) is 15.0 Å². The number of thiazole rings is 1. The highest BCUT2D eigenvalue weighted by atomic mass is 32.1. The van der Waals surface area contributed by atoms with Crippen LogP contribution in [0.4, 0.5) is 24.9 Å². The van der Waals surface area contributed by atoms with Gasteiger partial charge in [0, 0.05) is 18.0 Å². The molecule has 20 heavy (non-hydrogen) atoms. The first kappa shape index (κ1) is 14.5. The minimum Gasteiger partial charge on any atom is -0.364 e. The summed E-state index contributed by atoms with van der Waals surface area (Å²) in [5, 5.41) is 7.30. The molecule has 2 heterocycles. The third-order valence-electron chi connectivity index (χ3n) is 2.29. The van der Waals surface area contributed by atoms with Crippen LogP contribution in [0.25, 0.3) is 0 Å². The van der Waals surface area contributed by atoms with Crippen molar-refractivity contribution < 1.29 is 13.2 Å². The molecule has 0 aliphatic carbocycles. The monoisotopic (exact) mass is 303 g/mol. The van der Waals surface area contributed by atoms with E-state index in [0.29, 0.717) is 13.1 Å². The lowest BCUT2D eigenvalue weighted by Gasteiger charge is -2.11. The first-order valence-electron chi connectivity index (χ1n) is 5.80. The standard InChI is InChI=1S/C11H12F3N5S/c1-2-15-10-18-8(11(12,13)14)3-9(19-10)16-4-7-5-20-6-17-7/h3,5-6H,2,4H2,1H3,(H2,15,16,18,19). The van der Waals surface area contributed by atoms with E-state index in [0.717, 1.165) is 11.8 Å². The predicted molar refractivity (Wildman–Crippen MR) is 70.6 cm³/mol. The van der Waals surface area contributed by atoms with Gasteiger partial charge in [0.1, 0.15) is 5.82 Å². The van der Waals surface area contributed by atoms with Crippen LogP contribution in [0.1, 0.15) is 18.3 Å². The zero-order valence-corrected chi connectivity index (χ0v) is 11.3. The Kier molecular flexibility index (Phi) is 4.38. The van der Waals surface area contributed by atoms with Gasteiger partial charge in [-0.15, -0.1) is 11.3 Å². The largest absolute Gasteiger partial charge is 0.433 e. The van der Waals surface area contributed by atoms with E-state index < -0.39 is 11.9 Å². The summed E-state index contributed by atoms with van der Waals surface area (Å²) in [5.74, 6) is 0.0550. The van der Waals surface area contributed by atoms with Gasteiger partial charge in [-0.05, 0) is 6.92 Å². The smallest absolute Gasteiger partial charge is 0.364 e. The van der Waals surface area contributed by atoms with E-state index in [1.54, 1.807) is 12.4 Å². The molecule has 0 radical (unpaired) electrons. The molecule has 9 heteroatoms. The Morgan fingerprint density at radius 1 is 1.25 bits per heavy atom. The van der Waals surface area contributed by atoms with Crippen molar-refractivity contribution in [1.29, 1.82) is 0 Å². The fourth-order valence-corrected chi connectivity index (χ4v) is 1.98. The van der Waals surface area contributed by atoms with Gasteiger partial charge in [0.05, 0.1) is 17.7 Å². The van der Waals surface area contributed by atoms with Gasteiger partial charge in [-0.2, -0.15) is 18.2 Å². The van der Waals surface area contributed by atoms with Crippen molar-refractivity contribution >= 4 is 23.1 Å². The highest BCUT2D eigenvalue weighted by Crippen LogP contribution is 2.29. The number of alkyl halides is 3. The lowest BCUT2D eigenvalue weighted by molar-refractivity contribution is -0.141. The lowest BCUT2D eigenvalue weighted by atomic mass is 10.3. The molecular formula is C11H12F3N5S. The molecule has 0 aliphatic heterocycles. The van der Waals surface area contributed by atoms with Crippen molar-refractivity contribution in [2.45, 2.75) is 19.6 Å². The van der Waals surface area contributed by atoms with Gasteiger partial charge in [0.2, 0.25) is 5.95 Å². The summed E-state index contributed by atoms with van der Waals surface area (Å²) in [6, 6.07) is 0.882. The molecule has 2 aromatic heterocycles. The molecule has 2 rings (SSSR count). The fraction of sp³-hybridized carbons (Fsp3) is 0.364. The van der Waals surface area contributed by atoms with Gasteiger partial charge in [0.15, 0.2) is 5.69 Å². The molecule has 0 bridgehead atoms. The van der Waals surface area contributed by atoms with E-state index in [4.69, 9.17) is 0 Å².